The van der Waals surface area contributed by atoms with Gasteiger partial charge in [0.1, 0.15) is 6.04 Å². The third-order valence-electron chi connectivity index (χ3n) is 1.30. The number of hydrogen-bond donors (Lipinski definition) is 2. The van der Waals surface area contributed by atoms with Crippen LogP contribution in [0.1, 0.15) is 6.92 Å². The molecule has 0 radical (unpaired) electrons. The fraction of sp³-hybridized carbons (Fsp3) is 0.714. The average molecular weight is 207 g/mol. The summed E-state index contributed by atoms with van der Waals surface area (Å²) in [4.78, 5) is 21.2. The minimum absolute atomic E-state index is 0.0120. The van der Waals surface area contributed by atoms with Gasteiger partial charge in [-0.25, -0.2) is 4.79 Å². The third kappa shape index (κ3) is 6.34. The molecule has 1 atom stereocenters. The molecule has 0 bridgehead atoms. The van der Waals surface area contributed by atoms with E-state index >= 15 is 0 Å². The van der Waals surface area contributed by atoms with Gasteiger partial charge >= 0.3 is 5.97 Å². The summed E-state index contributed by atoms with van der Waals surface area (Å²) in [6.45, 7) is 4.21. The van der Waals surface area contributed by atoms with Crippen LogP contribution in [0.15, 0.2) is 0 Å². The Morgan fingerprint density at radius 1 is 1.46 bits per heavy atom. The minimum Gasteiger partial charge on any atom is -0.480 e. The van der Waals surface area contributed by atoms with Crippen LogP contribution in [0.4, 0.5) is 0 Å². The van der Waals surface area contributed by atoms with Crippen LogP contribution in [0, 0.1) is 0 Å². The van der Waals surface area contributed by atoms with Crippen molar-refractivity contribution >= 4 is 19.0 Å². The lowest BCUT2D eigenvalue weighted by atomic mass is 10.3. The SMILES string of the molecule is CC(=O)NC(CP(C)(C)=O)C(=O)O. The van der Waals surface area contributed by atoms with Gasteiger partial charge in [0, 0.05) is 13.1 Å². The molecule has 76 valence electrons. The fourth-order valence-electron chi connectivity index (χ4n) is 0.871. The van der Waals surface area contributed by atoms with E-state index in [0.717, 1.165) is 0 Å². The first kappa shape index (κ1) is 12.2. The van der Waals surface area contributed by atoms with Gasteiger partial charge in [-0.05, 0) is 13.3 Å². The van der Waals surface area contributed by atoms with Crippen molar-refractivity contribution in [2.24, 2.45) is 0 Å². The molecule has 0 aliphatic rings. The van der Waals surface area contributed by atoms with Crippen LogP contribution in [0.25, 0.3) is 0 Å². The fourth-order valence-corrected chi connectivity index (χ4v) is 2.00. The van der Waals surface area contributed by atoms with Crippen LogP contribution in [0.3, 0.4) is 0 Å². The van der Waals surface area contributed by atoms with Crippen molar-refractivity contribution in [1.82, 2.24) is 5.32 Å². The molecule has 0 aromatic rings. The number of carboxylic acid groups (broad SMARTS) is 1. The molecule has 0 saturated carbocycles. The van der Waals surface area contributed by atoms with Crippen molar-refractivity contribution in [1.29, 1.82) is 0 Å². The van der Waals surface area contributed by atoms with Gasteiger partial charge in [-0.2, -0.15) is 0 Å². The highest BCUT2D eigenvalue weighted by molar-refractivity contribution is 7.62. The van der Waals surface area contributed by atoms with Crippen molar-refractivity contribution in [2.45, 2.75) is 13.0 Å². The maximum absolute atomic E-state index is 11.3. The molecular formula is C7H14NO4P. The van der Waals surface area contributed by atoms with Crippen LogP contribution in [0.5, 0.6) is 0 Å². The second kappa shape index (κ2) is 4.42. The van der Waals surface area contributed by atoms with Crippen molar-refractivity contribution in [2.75, 3.05) is 19.5 Å². The molecule has 0 aliphatic carbocycles. The van der Waals surface area contributed by atoms with Gasteiger partial charge in [0.25, 0.3) is 0 Å². The molecule has 1 amide bonds. The molecule has 6 heteroatoms. The molecule has 1 unspecified atom stereocenters. The predicted octanol–water partition coefficient (Wildman–Crippen LogP) is 0.198. The lowest BCUT2D eigenvalue weighted by Gasteiger charge is -2.15. The molecule has 0 fully saturated rings. The van der Waals surface area contributed by atoms with Crippen molar-refractivity contribution < 1.29 is 19.3 Å². The molecule has 0 aromatic carbocycles. The van der Waals surface area contributed by atoms with Crippen molar-refractivity contribution in [3.05, 3.63) is 0 Å². The molecule has 0 rings (SSSR count). The largest absolute Gasteiger partial charge is 0.480 e. The van der Waals surface area contributed by atoms with Crippen LogP contribution in [0.2, 0.25) is 0 Å². The first-order valence-electron chi connectivity index (χ1n) is 3.76. The number of hydrogen-bond acceptors (Lipinski definition) is 3. The van der Waals surface area contributed by atoms with Crippen LogP contribution >= 0.6 is 7.14 Å². The highest BCUT2D eigenvalue weighted by Crippen LogP contribution is 2.36. The Morgan fingerprint density at radius 3 is 2.15 bits per heavy atom. The molecule has 0 spiro atoms. The number of carboxylic acids is 1. The summed E-state index contributed by atoms with van der Waals surface area (Å²) in [6.07, 6.45) is -0.0120. The molecule has 0 aromatic heterocycles. The smallest absolute Gasteiger partial charge is 0.326 e. The van der Waals surface area contributed by atoms with Gasteiger partial charge in [0.05, 0.1) is 7.14 Å². The lowest BCUT2D eigenvalue weighted by molar-refractivity contribution is -0.140. The Balaban J connectivity index is 4.36. The summed E-state index contributed by atoms with van der Waals surface area (Å²) in [5.74, 6) is -1.58. The van der Waals surface area contributed by atoms with Crippen molar-refractivity contribution in [3.8, 4) is 0 Å². The van der Waals surface area contributed by atoms with Gasteiger partial charge < -0.3 is 15.0 Å². The standard InChI is InChI=1S/C7H14NO4P/c1-5(9)8-6(7(10)11)4-13(2,3)12/h6H,4H2,1-3H3,(H,8,9)(H,10,11). The Hall–Kier alpha value is -0.830. The van der Waals surface area contributed by atoms with E-state index in [1.54, 1.807) is 0 Å². The summed E-state index contributed by atoms with van der Waals surface area (Å²) in [7, 11) is -2.43. The molecule has 5 nitrogen and oxygen atoms in total. The summed E-state index contributed by atoms with van der Waals surface area (Å²) in [6, 6.07) is -1.04. The predicted molar refractivity (Wildman–Crippen MR) is 49.6 cm³/mol. The zero-order chi connectivity index (χ0) is 10.6. The zero-order valence-corrected chi connectivity index (χ0v) is 8.80. The van der Waals surface area contributed by atoms with E-state index < -0.39 is 25.1 Å². The van der Waals surface area contributed by atoms with Crippen molar-refractivity contribution in [3.63, 3.8) is 0 Å². The van der Waals surface area contributed by atoms with Gasteiger partial charge in [-0.3, -0.25) is 4.79 Å². The number of rotatable bonds is 4. The monoisotopic (exact) mass is 207 g/mol. The molecular weight excluding hydrogens is 193 g/mol. The first-order chi connectivity index (χ1) is 5.72. The maximum atomic E-state index is 11.3. The van der Waals surface area contributed by atoms with Crippen LogP contribution < -0.4 is 5.32 Å². The van der Waals surface area contributed by atoms with E-state index in [1.165, 1.54) is 20.3 Å². The normalized spacial score (nSPS) is 13.5. The van der Waals surface area contributed by atoms with E-state index in [9.17, 15) is 14.2 Å². The molecule has 13 heavy (non-hydrogen) atoms. The minimum atomic E-state index is -2.43. The highest BCUT2D eigenvalue weighted by atomic mass is 31.2. The second-order valence-corrected chi connectivity index (χ2v) is 6.86. The lowest BCUT2D eigenvalue weighted by Crippen LogP contribution is -2.42. The van der Waals surface area contributed by atoms with E-state index in [0.29, 0.717) is 0 Å². The average Bonchev–Trinajstić information content (AvgIpc) is 1.81. The van der Waals surface area contributed by atoms with Crippen LogP contribution in [-0.2, 0) is 14.2 Å². The Labute approximate surface area is 76.9 Å². The highest BCUT2D eigenvalue weighted by Gasteiger charge is 2.24. The molecule has 0 heterocycles. The summed E-state index contributed by atoms with van der Waals surface area (Å²) >= 11 is 0. The summed E-state index contributed by atoms with van der Waals surface area (Å²) in [5, 5.41) is 10.9. The zero-order valence-electron chi connectivity index (χ0n) is 7.90. The van der Waals surface area contributed by atoms with E-state index in [4.69, 9.17) is 5.11 Å². The quantitative estimate of drug-likeness (QED) is 0.645. The summed E-state index contributed by atoms with van der Waals surface area (Å²) < 4.78 is 11.3. The first-order valence-corrected chi connectivity index (χ1v) is 6.55. The molecule has 2 N–H and O–H groups in total. The van der Waals surface area contributed by atoms with E-state index in [2.05, 4.69) is 5.32 Å². The molecule has 0 aliphatic heterocycles. The van der Waals surface area contributed by atoms with Crippen LogP contribution in [-0.4, -0.2) is 42.5 Å². The van der Waals surface area contributed by atoms with Gasteiger partial charge in [-0.15, -0.1) is 0 Å². The number of carbonyl (C=O) groups excluding carboxylic acids is 1. The van der Waals surface area contributed by atoms with E-state index in [1.807, 2.05) is 0 Å². The number of carbonyl (C=O) groups is 2. The topological polar surface area (TPSA) is 83.5 Å². The Bertz CT molecular complexity index is 257. The number of nitrogens with one attached hydrogen (secondary N) is 1. The van der Waals surface area contributed by atoms with Gasteiger partial charge in [-0.1, -0.05) is 0 Å². The maximum Gasteiger partial charge on any atom is 0.326 e. The van der Waals surface area contributed by atoms with Gasteiger partial charge in [0.2, 0.25) is 5.91 Å². The third-order valence-corrected chi connectivity index (χ3v) is 2.54. The Morgan fingerprint density at radius 2 is 1.92 bits per heavy atom. The molecule has 0 saturated heterocycles. The second-order valence-electron chi connectivity index (χ2n) is 3.35. The number of aliphatic carboxylic acids is 1. The Kier molecular flexibility index (Phi) is 4.14. The number of amides is 1. The van der Waals surface area contributed by atoms with Gasteiger partial charge in [0.15, 0.2) is 0 Å². The van der Waals surface area contributed by atoms with E-state index in [-0.39, 0.29) is 6.16 Å². The summed E-state index contributed by atoms with van der Waals surface area (Å²) in [5.41, 5.74) is 0.